The predicted octanol–water partition coefficient (Wildman–Crippen LogP) is 2.90. The van der Waals surface area contributed by atoms with E-state index in [1.807, 2.05) is 11.5 Å². The summed E-state index contributed by atoms with van der Waals surface area (Å²) in [5.74, 6) is 1.01. The molecule has 1 aromatic heterocycles. The van der Waals surface area contributed by atoms with Crippen molar-refractivity contribution in [1.82, 2.24) is 24.4 Å². The van der Waals surface area contributed by atoms with Gasteiger partial charge in [-0.2, -0.15) is 4.31 Å². The lowest BCUT2D eigenvalue weighted by Crippen LogP contribution is -2.33. The molecule has 168 valence electrons. The molecule has 0 bridgehead atoms. The summed E-state index contributed by atoms with van der Waals surface area (Å²) in [4.78, 5) is 12.5. The molecule has 1 saturated heterocycles. The highest BCUT2D eigenvalue weighted by Gasteiger charge is 2.27. The molecule has 1 aliphatic heterocycles. The molecule has 1 aliphatic carbocycles. The molecule has 8 nitrogen and oxygen atoms in total. The van der Waals surface area contributed by atoms with Gasteiger partial charge in [0.1, 0.15) is 0 Å². The number of amides is 1. The summed E-state index contributed by atoms with van der Waals surface area (Å²) in [5, 5.41) is 12.4. The second-order valence-electron chi connectivity index (χ2n) is 8.02. The largest absolute Gasteiger partial charge is 0.353 e. The van der Waals surface area contributed by atoms with Crippen LogP contribution in [0.25, 0.3) is 11.4 Å². The molecule has 0 spiro atoms. The Hall–Kier alpha value is -1.91. The fourth-order valence-electron chi connectivity index (χ4n) is 4.22. The van der Waals surface area contributed by atoms with Crippen LogP contribution in [-0.4, -0.2) is 58.3 Å². The van der Waals surface area contributed by atoms with Gasteiger partial charge >= 0.3 is 0 Å². The summed E-state index contributed by atoms with van der Waals surface area (Å²) in [6.07, 6.45) is 6.32. The zero-order valence-corrected chi connectivity index (χ0v) is 19.4. The molecule has 10 heteroatoms. The lowest BCUT2D eigenvalue weighted by atomic mass is 10.2. The van der Waals surface area contributed by atoms with Gasteiger partial charge in [-0.1, -0.05) is 24.6 Å². The van der Waals surface area contributed by atoms with Crippen molar-refractivity contribution in [2.24, 2.45) is 0 Å². The van der Waals surface area contributed by atoms with Gasteiger partial charge < -0.3 is 9.88 Å². The van der Waals surface area contributed by atoms with Gasteiger partial charge in [-0.25, -0.2) is 8.42 Å². The Bertz CT molecular complexity index is 1010. The SMILES string of the molecule is CCn1c(SCC(=O)NC2CCCC2)nnc1-c1ccc(S(=O)(=O)N2CCCC2)cc1. The number of nitrogens with zero attached hydrogens (tertiary/aromatic N) is 4. The third kappa shape index (κ3) is 4.96. The number of hydrogen-bond donors (Lipinski definition) is 1. The average molecular weight is 464 g/mol. The van der Waals surface area contributed by atoms with Crippen molar-refractivity contribution >= 4 is 27.7 Å². The van der Waals surface area contributed by atoms with Crippen molar-refractivity contribution in [1.29, 1.82) is 0 Å². The fourth-order valence-corrected chi connectivity index (χ4v) is 6.55. The number of sulfonamides is 1. The van der Waals surface area contributed by atoms with Gasteiger partial charge in [0.05, 0.1) is 10.6 Å². The zero-order chi connectivity index (χ0) is 21.8. The third-order valence-corrected chi connectivity index (χ3v) is 8.78. The first-order chi connectivity index (χ1) is 15.0. The Labute approximate surface area is 187 Å². The Kier molecular flexibility index (Phi) is 6.98. The molecule has 2 fully saturated rings. The Morgan fingerprint density at radius 3 is 2.42 bits per heavy atom. The number of aromatic nitrogens is 3. The molecule has 0 atom stereocenters. The maximum absolute atomic E-state index is 12.7. The van der Waals surface area contributed by atoms with E-state index in [4.69, 9.17) is 0 Å². The van der Waals surface area contributed by atoms with E-state index in [2.05, 4.69) is 15.5 Å². The van der Waals surface area contributed by atoms with Gasteiger partial charge in [0.2, 0.25) is 15.9 Å². The molecule has 1 aromatic carbocycles. The molecule has 1 amide bonds. The predicted molar refractivity (Wildman–Crippen MR) is 120 cm³/mol. The highest BCUT2D eigenvalue weighted by atomic mass is 32.2. The van der Waals surface area contributed by atoms with Crippen LogP contribution in [0.3, 0.4) is 0 Å². The van der Waals surface area contributed by atoms with Gasteiger partial charge in [-0.05, 0) is 56.9 Å². The number of rotatable bonds is 8. The van der Waals surface area contributed by atoms with Crippen LogP contribution in [0.4, 0.5) is 0 Å². The highest BCUT2D eigenvalue weighted by molar-refractivity contribution is 7.99. The van der Waals surface area contributed by atoms with Gasteiger partial charge in [0.25, 0.3) is 0 Å². The van der Waals surface area contributed by atoms with Crippen LogP contribution in [0, 0.1) is 0 Å². The first kappa shape index (κ1) is 22.3. The summed E-state index contributed by atoms with van der Waals surface area (Å²) >= 11 is 1.38. The van der Waals surface area contributed by atoms with Crippen molar-refractivity contribution in [3.63, 3.8) is 0 Å². The smallest absolute Gasteiger partial charge is 0.243 e. The Balaban J connectivity index is 1.44. The van der Waals surface area contributed by atoms with E-state index >= 15 is 0 Å². The van der Waals surface area contributed by atoms with Crippen molar-refractivity contribution < 1.29 is 13.2 Å². The topological polar surface area (TPSA) is 97.2 Å². The summed E-state index contributed by atoms with van der Waals surface area (Å²) in [5.41, 5.74) is 0.803. The lowest BCUT2D eigenvalue weighted by molar-refractivity contribution is -0.119. The lowest BCUT2D eigenvalue weighted by Gasteiger charge is -2.15. The summed E-state index contributed by atoms with van der Waals surface area (Å²) in [7, 11) is -3.43. The number of benzene rings is 1. The minimum atomic E-state index is -3.43. The molecular weight excluding hydrogens is 434 g/mol. The van der Waals surface area contributed by atoms with Gasteiger partial charge in [-0.3, -0.25) is 4.79 Å². The zero-order valence-electron chi connectivity index (χ0n) is 17.8. The maximum atomic E-state index is 12.7. The molecule has 4 rings (SSSR count). The van der Waals surface area contributed by atoms with E-state index in [9.17, 15) is 13.2 Å². The van der Waals surface area contributed by atoms with Crippen molar-refractivity contribution in [2.75, 3.05) is 18.8 Å². The van der Waals surface area contributed by atoms with Crippen LogP contribution in [0.1, 0.15) is 45.4 Å². The fraction of sp³-hybridized carbons (Fsp3) is 0.571. The van der Waals surface area contributed by atoms with Crippen LogP contribution >= 0.6 is 11.8 Å². The quantitative estimate of drug-likeness (QED) is 0.605. The standard InChI is InChI=1S/C21H29N5O3S2/c1-2-26-20(23-24-21(26)30-15-19(27)22-17-7-3-4-8-17)16-9-11-18(12-10-16)31(28,29)25-13-5-6-14-25/h9-12,17H,2-8,13-15H2,1H3,(H,22,27). The van der Waals surface area contributed by atoms with Gasteiger partial charge in [0.15, 0.2) is 11.0 Å². The minimum Gasteiger partial charge on any atom is -0.353 e. The molecule has 0 unspecified atom stereocenters. The van der Waals surface area contributed by atoms with Gasteiger partial charge in [-0.15, -0.1) is 10.2 Å². The minimum absolute atomic E-state index is 0.0283. The first-order valence-corrected chi connectivity index (χ1v) is 13.4. The molecular formula is C21H29N5O3S2. The van der Waals surface area contributed by atoms with Crippen molar-refractivity contribution in [3.05, 3.63) is 24.3 Å². The van der Waals surface area contributed by atoms with Crippen LogP contribution in [0.15, 0.2) is 34.3 Å². The van der Waals surface area contributed by atoms with E-state index in [0.717, 1.165) is 31.2 Å². The Morgan fingerprint density at radius 1 is 1.10 bits per heavy atom. The molecule has 2 heterocycles. The summed E-state index contributed by atoms with van der Waals surface area (Å²) < 4.78 is 29.0. The Morgan fingerprint density at radius 2 is 1.77 bits per heavy atom. The molecule has 1 saturated carbocycles. The molecule has 31 heavy (non-hydrogen) atoms. The number of hydrogen-bond acceptors (Lipinski definition) is 6. The van der Waals surface area contributed by atoms with E-state index < -0.39 is 10.0 Å². The van der Waals surface area contributed by atoms with Crippen LogP contribution in [-0.2, 0) is 21.4 Å². The van der Waals surface area contributed by atoms with E-state index in [-0.39, 0.29) is 5.91 Å². The van der Waals surface area contributed by atoms with Crippen molar-refractivity contribution in [3.8, 4) is 11.4 Å². The van der Waals surface area contributed by atoms with E-state index in [1.54, 1.807) is 28.6 Å². The van der Waals surface area contributed by atoms with Gasteiger partial charge in [0, 0.05) is 31.2 Å². The van der Waals surface area contributed by atoms with Crippen LogP contribution in [0.5, 0.6) is 0 Å². The number of nitrogens with one attached hydrogen (secondary N) is 1. The van der Waals surface area contributed by atoms with Crippen molar-refractivity contribution in [2.45, 2.75) is 68.1 Å². The summed E-state index contributed by atoms with van der Waals surface area (Å²) in [6.45, 7) is 3.83. The normalized spacial score (nSPS) is 18.0. The number of carbonyl (C=O) groups excluding carboxylic acids is 1. The van der Waals surface area contributed by atoms with Crippen LogP contribution in [0.2, 0.25) is 0 Å². The molecule has 0 radical (unpaired) electrons. The van der Waals surface area contributed by atoms with E-state index in [1.165, 1.54) is 24.6 Å². The monoisotopic (exact) mass is 463 g/mol. The summed E-state index contributed by atoms with van der Waals surface area (Å²) in [6, 6.07) is 7.14. The number of carbonyl (C=O) groups is 1. The number of thioether (sulfide) groups is 1. The second-order valence-corrected chi connectivity index (χ2v) is 10.9. The average Bonchev–Trinajstić information content (AvgIpc) is 3.54. The highest BCUT2D eigenvalue weighted by Crippen LogP contribution is 2.27. The molecule has 1 N–H and O–H groups in total. The molecule has 2 aromatic rings. The first-order valence-electron chi connectivity index (χ1n) is 10.9. The second kappa shape index (κ2) is 9.70. The third-order valence-electron chi connectivity index (χ3n) is 5.90. The maximum Gasteiger partial charge on any atom is 0.243 e. The molecule has 2 aliphatic rings. The van der Waals surface area contributed by atoms with E-state index in [0.29, 0.717) is 47.3 Å². The van der Waals surface area contributed by atoms with Crippen LogP contribution < -0.4 is 5.32 Å².